The number of rotatable bonds is 6. The minimum Gasteiger partial charge on any atom is -0.383 e. The third-order valence-corrected chi connectivity index (χ3v) is 3.57. The summed E-state index contributed by atoms with van der Waals surface area (Å²) in [5.74, 6) is 0.867. The van der Waals surface area contributed by atoms with Crippen molar-refractivity contribution in [1.29, 1.82) is 0 Å². The van der Waals surface area contributed by atoms with Crippen molar-refractivity contribution in [2.45, 2.75) is 38.6 Å². The normalized spacial score (nSPS) is 21.8. The van der Waals surface area contributed by atoms with Crippen molar-refractivity contribution in [3.8, 4) is 0 Å². The molecule has 0 saturated carbocycles. The third-order valence-electron chi connectivity index (χ3n) is 3.57. The second-order valence-corrected chi connectivity index (χ2v) is 4.57. The zero-order chi connectivity index (χ0) is 11.1. The lowest BCUT2D eigenvalue weighted by Gasteiger charge is -2.36. The molecule has 1 atom stereocenters. The molecule has 0 aromatic carbocycles. The molecule has 2 N–H and O–H groups in total. The lowest BCUT2D eigenvalue weighted by Crippen LogP contribution is -2.43. The molecule has 0 amide bonds. The number of likely N-dealkylation sites (tertiary alicyclic amines) is 1. The van der Waals surface area contributed by atoms with E-state index in [9.17, 15) is 0 Å². The molecular formula is C12H26N2O. The lowest BCUT2D eigenvalue weighted by atomic mass is 9.92. The molecule has 1 aliphatic heterocycles. The molecule has 0 radical (unpaired) electrons. The third kappa shape index (κ3) is 4.09. The van der Waals surface area contributed by atoms with Crippen molar-refractivity contribution in [3.05, 3.63) is 0 Å². The van der Waals surface area contributed by atoms with E-state index < -0.39 is 0 Å². The Hall–Kier alpha value is -0.120. The fourth-order valence-electron chi connectivity index (χ4n) is 2.52. The minimum atomic E-state index is 0.619. The highest BCUT2D eigenvalue weighted by atomic mass is 16.5. The largest absolute Gasteiger partial charge is 0.383 e. The molecule has 0 aromatic rings. The van der Waals surface area contributed by atoms with Gasteiger partial charge in [-0.05, 0) is 51.2 Å². The van der Waals surface area contributed by atoms with Crippen LogP contribution < -0.4 is 5.73 Å². The van der Waals surface area contributed by atoms with Crippen LogP contribution in [0.4, 0.5) is 0 Å². The molecule has 0 spiro atoms. The Morgan fingerprint density at radius 3 is 2.53 bits per heavy atom. The van der Waals surface area contributed by atoms with Crippen LogP contribution in [-0.4, -0.2) is 44.3 Å². The van der Waals surface area contributed by atoms with Crippen molar-refractivity contribution in [2.24, 2.45) is 11.7 Å². The zero-order valence-corrected chi connectivity index (χ0v) is 10.2. The van der Waals surface area contributed by atoms with Gasteiger partial charge in [-0.3, -0.25) is 4.90 Å². The van der Waals surface area contributed by atoms with Gasteiger partial charge < -0.3 is 10.5 Å². The van der Waals surface area contributed by atoms with Crippen molar-refractivity contribution >= 4 is 0 Å². The molecule has 1 saturated heterocycles. The minimum absolute atomic E-state index is 0.619. The van der Waals surface area contributed by atoms with Gasteiger partial charge >= 0.3 is 0 Å². The average Bonchev–Trinajstić information content (AvgIpc) is 2.28. The van der Waals surface area contributed by atoms with Crippen molar-refractivity contribution in [2.75, 3.05) is 33.4 Å². The molecule has 0 bridgehead atoms. The summed E-state index contributed by atoms with van der Waals surface area (Å²) in [7, 11) is 1.80. The molecule has 1 aliphatic rings. The number of hydrogen-bond acceptors (Lipinski definition) is 3. The van der Waals surface area contributed by atoms with E-state index in [2.05, 4.69) is 11.8 Å². The Balaban J connectivity index is 2.28. The highest BCUT2D eigenvalue weighted by Gasteiger charge is 2.23. The Labute approximate surface area is 94.0 Å². The van der Waals surface area contributed by atoms with E-state index in [-0.39, 0.29) is 0 Å². The number of nitrogens with two attached hydrogens (primary N) is 1. The number of ether oxygens (including phenoxy) is 1. The van der Waals surface area contributed by atoms with E-state index in [1.165, 1.54) is 38.8 Å². The number of nitrogens with zero attached hydrogens (tertiary/aromatic N) is 1. The summed E-state index contributed by atoms with van der Waals surface area (Å²) in [5, 5.41) is 0. The van der Waals surface area contributed by atoms with E-state index in [4.69, 9.17) is 10.5 Å². The lowest BCUT2D eigenvalue weighted by molar-refractivity contribution is 0.0619. The van der Waals surface area contributed by atoms with Crippen LogP contribution >= 0.6 is 0 Å². The van der Waals surface area contributed by atoms with Crippen molar-refractivity contribution < 1.29 is 4.74 Å². The van der Waals surface area contributed by atoms with Gasteiger partial charge in [0.05, 0.1) is 6.61 Å². The van der Waals surface area contributed by atoms with Gasteiger partial charge in [-0.25, -0.2) is 0 Å². The van der Waals surface area contributed by atoms with E-state index >= 15 is 0 Å². The van der Waals surface area contributed by atoms with Gasteiger partial charge in [0.2, 0.25) is 0 Å². The maximum atomic E-state index is 5.59. The number of piperidine rings is 1. The van der Waals surface area contributed by atoms with Crippen LogP contribution in [0.1, 0.15) is 32.6 Å². The van der Waals surface area contributed by atoms with E-state index in [0.29, 0.717) is 6.04 Å². The average molecular weight is 214 g/mol. The van der Waals surface area contributed by atoms with Crippen LogP contribution in [-0.2, 0) is 4.74 Å². The summed E-state index contributed by atoms with van der Waals surface area (Å²) in [6.07, 6.45) is 5.03. The quantitative estimate of drug-likeness (QED) is 0.728. The second kappa shape index (κ2) is 7.20. The summed E-state index contributed by atoms with van der Waals surface area (Å²) >= 11 is 0. The first-order chi connectivity index (χ1) is 7.31. The second-order valence-electron chi connectivity index (χ2n) is 4.57. The van der Waals surface area contributed by atoms with Gasteiger partial charge in [-0.15, -0.1) is 0 Å². The summed E-state index contributed by atoms with van der Waals surface area (Å²) < 4.78 is 5.26. The SMILES string of the molecule is CCC(COC)N1CCC(CCN)CC1. The summed E-state index contributed by atoms with van der Waals surface area (Å²) in [4.78, 5) is 2.58. The molecule has 90 valence electrons. The highest BCUT2D eigenvalue weighted by Crippen LogP contribution is 2.22. The molecule has 1 fully saturated rings. The molecule has 0 aliphatic carbocycles. The Kier molecular flexibility index (Phi) is 6.22. The molecule has 1 unspecified atom stereocenters. The van der Waals surface area contributed by atoms with E-state index in [0.717, 1.165) is 19.1 Å². The molecule has 3 heteroatoms. The fraction of sp³-hybridized carbons (Fsp3) is 1.00. The Morgan fingerprint density at radius 2 is 2.07 bits per heavy atom. The molecule has 3 nitrogen and oxygen atoms in total. The van der Waals surface area contributed by atoms with Gasteiger partial charge in [0, 0.05) is 13.2 Å². The number of hydrogen-bond donors (Lipinski definition) is 1. The van der Waals surface area contributed by atoms with E-state index in [1.807, 2.05) is 0 Å². The maximum Gasteiger partial charge on any atom is 0.0617 e. The maximum absolute atomic E-state index is 5.59. The molecule has 15 heavy (non-hydrogen) atoms. The van der Waals surface area contributed by atoms with Crippen LogP contribution in [0.3, 0.4) is 0 Å². The van der Waals surface area contributed by atoms with Gasteiger partial charge in [0.15, 0.2) is 0 Å². The van der Waals surface area contributed by atoms with Crippen LogP contribution in [0, 0.1) is 5.92 Å². The predicted octanol–water partition coefficient (Wildman–Crippen LogP) is 1.47. The Morgan fingerprint density at radius 1 is 1.40 bits per heavy atom. The van der Waals surface area contributed by atoms with Gasteiger partial charge in [0.1, 0.15) is 0 Å². The topological polar surface area (TPSA) is 38.5 Å². The Bertz CT molecular complexity index is 156. The smallest absolute Gasteiger partial charge is 0.0617 e. The first-order valence-electron chi connectivity index (χ1n) is 6.24. The predicted molar refractivity (Wildman–Crippen MR) is 63.9 cm³/mol. The van der Waals surface area contributed by atoms with Crippen LogP contribution in [0.5, 0.6) is 0 Å². The number of methoxy groups -OCH3 is 1. The van der Waals surface area contributed by atoms with Crippen molar-refractivity contribution in [1.82, 2.24) is 4.90 Å². The fourth-order valence-corrected chi connectivity index (χ4v) is 2.52. The summed E-state index contributed by atoms with van der Waals surface area (Å²) in [6.45, 7) is 6.42. The van der Waals surface area contributed by atoms with Crippen LogP contribution in [0.15, 0.2) is 0 Å². The monoisotopic (exact) mass is 214 g/mol. The first-order valence-corrected chi connectivity index (χ1v) is 6.24. The van der Waals surface area contributed by atoms with E-state index in [1.54, 1.807) is 7.11 Å². The zero-order valence-electron chi connectivity index (χ0n) is 10.2. The standard InChI is InChI=1S/C12H26N2O/c1-3-12(10-15-2)14-8-5-11(4-7-13)6-9-14/h11-12H,3-10,13H2,1-2H3. The van der Waals surface area contributed by atoms with Gasteiger partial charge in [-0.2, -0.15) is 0 Å². The molecule has 1 rings (SSSR count). The van der Waals surface area contributed by atoms with Gasteiger partial charge in [0.25, 0.3) is 0 Å². The van der Waals surface area contributed by atoms with Gasteiger partial charge in [-0.1, -0.05) is 6.92 Å². The van der Waals surface area contributed by atoms with Crippen LogP contribution in [0.25, 0.3) is 0 Å². The van der Waals surface area contributed by atoms with Crippen LogP contribution in [0.2, 0.25) is 0 Å². The highest BCUT2D eigenvalue weighted by molar-refractivity contribution is 4.77. The van der Waals surface area contributed by atoms with Crippen molar-refractivity contribution in [3.63, 3.8) is 0 Å². The summed E-state index contributed by atoms with van der Waals surface area (Å²) in [5.41, 5.74) is 5.59. The summed E-state index contributed by atoms with van der Waals surface area (Å²) in [6, 6.07) is 0.619. The molecule has 1 heterocycles. The molecular weight excluding hydrogens is 188 g/mol. The molecule has 0 aromatic heterocycles. The first kappa shape index (κ1) is 12.9.